The Morgan fingerprint density at radius 3 is 2.50 bits per heavy atom. The minimum Gasteiger partial charge on any atom is -0.381 e. The molecule has 2 bridgehead atoms. The first kappa shape index (κ1) is 11.8. The minimum absolute atomic E-state index is 0.594. The van der Waals surface area contributed by atoms with Crippen LogP contribution in [0.15, 0.2) is 30.6 Å². The molecular weight excluding hydrogens is 252 g/mol. The van der Waals surface area contributed by atoms with Gasteiger partial charge in [-0.25, -0.2) is 4.68 Å². The van der Waals surface area contributed by atoms with E-state index in [1.807, 2.05) is 12.1 Å². The lowest BCUT2D eigenvalue weighted by molar-refractivity contribution is 0.0975. The van der Waals surface area contributed by atoms with Crippen LogP contribution in [0.5, 0.6) is 0 Å². The highest BCUT2D eigenvalue weighted by Crippen LogP contribution is 2.29. The van der Waals surface area contributed by atoms with Crippen LogP contribution >= 0.6 is 0 Å². The molecule has 6 nitrogen and oxygen atoms in total. The molecule has 0 radical (unpaired) electrons. The summed E-state index contributed by atoms with van der Waals surface area (Å²) >= 11 is 0. The van der Waals surface area contributed by atoms with Crippen molar-refractivity contribution in [2.24, 2.45) is 5.92 Å². The number of rotatable bonds is 3. The molecule has 1 aromatic heterocycles. The first-order valence-corrected chi connectivity index (χ1v) is 7.21. The van der Waals surface area contributed by atoms with E-state index in [1.54, 1.807) is 11.0 Å². The fourth-order valence-electron chi connectivity index (χ4n) is 3.33. The van der Waals surface area contributed by atoms with Crippen molar-refractivity contribution in [3.05, 3.63) is 30.6 Å². The number of benzene rings is 1. The number of hydrogen-bond acceptors (Lipinski definition) is 5. The van der Waals surface area contributed by atoms with E-state index in [0.29, 0.717) is 6.04 Å². The molecule has 0 amide bonds. The number of tetrazole rings is 1. The molecule has 0 aliphatic carbocycles. The first-order valence-electron chi connectivity index (χ1n) is 7.21. The van der Waals surface area contributed by atoms with Gasteiger partial charge in [-0.1, -0.05) is 0 Å². The third-order valence-electron chi connectivity index (χ3n) is 4.49. The average Bonchev–Trinajstić information content (AvgIpc) is 3.04. The van der Waals surface area contributed by atoms with Crippen LogP contribution < -0.4 is 5.32 Å². The molecule has 3 saturated heterocycles. The van der Waals surface area contributed by atoms with Crippen molar-refractivity contribution in [3.63, 3.8) is 0 Å². The molecule has 3 aliphatic rings. The molecule has 1 N–H and O–H groups in total. The number of hydrogen-bond donors (Lipinski definition) is 1. The summed E-state index contributed by atoms with van der Waals surface area (Å²) in [4.78, 5) is 2.56. The van der Waals surface area contributed by atoms with E-state index in [2.05, 4.69) is 37.9 Å². The standard InChI is InChI=1S/C14H18N6/c1-3-13(20-10-15-17-18-20)4-2-12(1)16-14-9-19-7-5-11(14)6-8-19/h1-4,10-11,14,16H,5-9H2. The second-order valence-corrected chi connectivity index (χ2v) is 5.69. The maximum atomic E-state index is 3.89. The lowest BCUT2D eigenvalue weighted by Crippen LogP contribution is -2.53. The first-order chi connectivity index (χ1) is 9.88. The molecule has 104 valence electrons. The quantitative estimate of drug-likeness (QED) is 0.907. The topological polar surface area (TPSA) is 58.9 Å². The summed E-state index contributed by atoms with van der Waals surface area (Å²) < 4.78 is 1.66. The largest absolute Gasteiger partial charge is 0.381 e. The summed E-state index contributed by atoms with van der Waals surface area (Å²) in [6.45, 7) is 3.74. The third kappa shape index (κ3) is 2.16. The number of piperidine rings is 3. The Labute approximate surface area is 117 Å². The Kier molecular flexibility index (Phi) is 2.88. The predicted octanol–water partition coefficient (Wildman–Crippen LogP) is 1.17. The third-order valence-corrected chi connectivity index (χ3v) is 4.49. The zero-order valence-corrected chi connectivity index (χ0v) is 11.3. The minimum atomic E-state index is 0.594. The zero-order valence-electron chi connectivity index (χ0n) is 11.3. The zero-order chi connectivity index (χ0) is 13.4. The fraction of sp³-hybridized carbons (Fsp3) is 0.500. The summed E-state index contributed by atoms with van der Waals surface area (Å²) in [6, 6.07) is 8.89. The summed E-state index contributed by atoms with van der Waals surface area (Å²) in [7, 11) is 0. The Morgan fingerprint density at radius 2 is 1.90 bits per heavy atom. The van der Waals surface area contributed by atoms with Crippen LogP contribution in [0.25, 0.3) is 5.69 Å². The van der Waals surface area contributed by atoms with Gasteiger partial charge in [-0.05, 0) is 66.5 Å². The Balaban J connectivity index is 1.47. The van der Waals surface area contributed by atoms with Crippen molar-refractivity contribution in [2.75, 3.05) is 25.0 Å². The highest BCUT2D eigenvalue weighted by molar-refractivity contribution is 5.49. The number of fused-ring (bicyclic) bond motifs is 3. The van der Waals surface area contributed by atoms with Crippen LogP contribution in [0.2, 0.25) is 0 Å². The van der Waals surface area contributed by atoms with Crippen LogP contribution in [0, 0.1) is 5.92 Å². The van der Waals surface area contributed by atoms with E-state index in [-0.39, 0.29) is 0 Å². The molecule has 1 atom stereocenters. The van der Waals surface area contributed by atoms with Gasteiger partial charge in [-0.3, -0.25) is 0 Å². The molecule has 0 spiro atoms. The number of anilines is 1. The van der Waals surface area contributed by atoms with Crippen LogP contribution in [0.1, 0.15) is 12.8 Å². The maximum absolute atomic E-state index is 3.89. The fourth-order valence-corrected chi connectivity index (χ4v) is 3.33. The van der Waals surface area contributed by atoms with E-state index >= 15 is 0 Å². The van der Waals surface area contributed by atoms with Gasteiger partial charge in [0.25, 0.3) is 0 Å². The van der Waals surface area contributed by atoms with Gasteiger partial charge >= 0.3 is 0 Å². The summed E-state index contributed by atoms with van der Waals surface area (Å²) in [5.41, 5.74) is 2.16. The highest BCUT2D eigenvalue weighted by atomic mass is 15.5. The smallest absolute Gasteiger partial charge is 0.143 e. The molecule has 3 aliphatic heterocycles. The van der Waals surface area contributed by atoms with Crippen molar-refractivity contribution in [2.45, 2.75) is 18.9 Å². The molecule has 2 aromatic rings. The summed E-state index contributed by atoms with van der Waals surface area (Å²) in [5, 5.41) is 14.9. The predicted molar refractivity (Wildman–Crippen MR) is 75.7 cm³/mol. The van der Waals surface area contributed by atoms with E-state index < -0.39 is 0 Å². The average molecular weight is 270 g/mol. The monoisotopic (exact) mass is 270 g/mol. The normalized spacial score (nSPS) is 28.5. The number of nitrogens with one attached hydrogen (secondary N) is 1. The number of nitrogens with zero attached hydrogens (tertiary/aromatic N) is 5. The second-order valence-electron chi connectivity index (χ2n) is 5.69. The molecule has 3 fully saturated rings. The van der Waals surface area contributed by atoms with Crippen molar-refractivity contribution in [1.29, 1.82) is 0 Å². The lowest BCUT2D eigenvalue weighted by Gasteiger charge is -2.45. The molecule has 20 heavy (non-hydrogen) atoms. The van der Waals surface area contributed by atoms with Gasteiger partial charge < -0.3 is 10.2 Å². The van der Waals surface area contributed by atoms with E-state index in [0.717, 1.165) is 11.6 Å². The van der Waals surface area contributed by atoms with Gasteiger partial charge in [0.2, 0.25) is 0 Å². The molecule has 6 heteroatoms. The molecule has 0 saturated carbocycles. The lowest BCUT2D eigenvalue weighted by atomic mass is 9.84. The summed E-state index contributed by atoms with van der Waals surface area (Å²) in [5.74, 6) is 0.833. The van der Waals surface area contributed by atoms with Gasteiger partial charge in [0.05, 0.1) is 5.69 Å². The van der Waals surface area contributed by atoms with Crippen molar-refractivity contribution in [1.82, 2.24) is 25.1 Å². The highest BCUT2D eigenvalue weighted by Gasteiger charge is 2.33. The van der Waals surface area contributed by atoms with E-state index in [9.17, 15) is 0 Å². The van der Waals surface area contributed by atoms with Gasteiger partial charge in [0.15, 0.2) is 0 Å². The van der Waals surface area contributed by atoms with E-state index in [1.165, 1.54) is 38.2 Å². The van der Waals surface area contributed by atoms with Gasteiger partial charge in [-0.15, -0.1) is 5.10 Å². The van der Waals surface area contributed by atoms with Crippen molar-refractivity contribution in [3.8, 4) is 5.69 Å². The maximum Gasteiger partial charge on any atom is 0.143 e. The SMILES string of the molecule is c1cc(-n2cnnn2)ccc1NC1CN2CCC1CC2. The Bertz CT molecular complexity index is 556. The van der Waals surface area contributed by atoms with Crippen LogP contribution in [0.4, 0.5) is 5.69 Å². The molecule has 1 aromatic carbocycles. The number of aromatic nitrogens is 4. The van der Waals surface area contributed by atoms with Gasteiger partial charge in [0, 0.05) is 18.3 Å². The Morgan fingerprint density at radius 1 is 1.10 bits per heavy atom. The molecule has 1 unspecified atom stereocenters. The van der Waals surface area contributed by atoms with Crippen LogP contribution in [0.3, 0.4) is 0 Å². The molecular formula is C14H18N6. The van der Waals surface area contributed by atoms with Crippen molar-refractivity contribution >= 4 is 5.69 Å². The van der Waals surface area contributed by atoms with Crippen LogP contribution in [-0.2, 0) is 0 Å². The summed E-state index contributed by atoms with van der Waals surface area (Å²) in [6.07, 6.45) is 4.27. The molecule has 4 heterocycles. The van der Waals surface area contributed by atoms with Gasteiger partial charge in [0.1, 0.15) is 6.33 Å². The molecule has 5 rings (SSSR count). The Hall–Kier alpha value is -1.95. The van der Waals surface area contributed by atoms with Crippen molar-refractivity contribution < 1.29 is 0 Å². The van der Waals surface area contributed by atoms with Crippen LogP contribution in [-0.4, -0.2) is 50.8 Å². The van der Waals surface area contributed by atoms with Gasteiger partial charge in [-0.2, -0.15) is 0 Å². The second kappa shape index (κ2) is 4.86. The van der Waals surface area contributed by atoms with E-state index in [4.69, 9.17) is 0 Å².